The zero-order chi connectivity index (χ0) is 18.0. The second-order valence-electron chi connectivity index (χ2n) is 5.03. The van der Waals surface area contributed by atoms with Crippen molar-refractivity contribution in [2.24, 2.45) is 4.99 Å². The summed E-state index contributed by atoms with van der Waals surface area (Å²) in [5.74, 6) is -0.298. The van der Waals surface area contributed by atoms with Crippen molar-refractivity contribution < 1.29 is 19.2 Å². The highest BCUT2D eigenvalue weighted by Gasteiger charge is 2.24. The molecule has 0 fully saturated rings. The molecule has 3 rings (SSSR count). The number of ether oxygens (including phenoxy) is 2. The lowest BCUT2D eigenvalue weighted by Crippen LogP contribution is -2.05. The van der Waals surface area contributed by atoms with Gasteiger partial charge in [-0.3, -0.25) is 10.1 Å². The van der Waals surface area contributed by atoms with E-state index in [1.807, 2.05) is 6.07 Å². The first-order chi connectivity index (χ1) is 12.0. The number of carbonyl (C=O) groups is 1. The van der Waals surface area contributed by atoms with E-state index in [0.29, 0.717) is 11.1 Å². The molecule has 0 aromatic heterocycles. The van der Waals surface area contributed by atoms with Gasteiger partial charge in [0, 0.05) is 16.1 Å². The Bertz CT molecular complexity index is 936. The maximum atomic E-state index is 12.0. The average Bonchev–Trinajstić information content (AvgIpc) is 2.95. The molecule has 0 amide bonds. The van der Waals surface area contributed by atoms with Crippen LogP contribution in [-0.2, 0) is 9.53 Å². The standard InChI is InChI=1S/C17H11BrN2O5/c1-24-15-6-5-10(8-14(15)20(22)23)7-13-17(21)25-16(19-13)11-3-2-4-12(18)9-11/h2-9H,1H3/b13-7+. The second kappa shape index (κ2) is 6.86. The molecule has 0 aliphatic carbocycles. The minimum absolute atomic E-state index is 0.0643. The fraction of sp³-hybridized carbons (Fsp3) is 0.0588. The number of aliphatic imine (C=N–C) groups is 1. The zero-order valence-electron chi connectivity index (χ0n) is 12.9. The fourth-order valence-corrected chi connectivity index (χ4v) is 2.65. The predicted octanol–water partition coefficient (Wildman–Crippen LogP) is 3.71. The fourth-order valence-electron chi connectivity index (χ4n) is 2.25. The molecule has 1 heterocycles. The summed E-state index contributed by atoms with van der Waals surface area (Å²) in [7, 11) is 1.35. The first-order valence-electron chi connectivity index (χ1n) is 7.09. The molecule has 0 unspecified atom stereocenters. The molecule has 2 aromatic rings. The number of nitro groups is 1. The number of hydrogen-bond donors (Lipinski definition) is 0. The first kappa shape index (κ1) is 16.8. The molecule has 126 valence electrons. The average molecular weight is 403 g/mol. The number of hydrogen-bond acceptors (Lipinski definition) is 6. The van der Waals surface area contributed by atoms with Gasteiger partial charge in [-0.1, -0.05) is 28.1 Å². The molecule has 0 spiro atoms. The van der Waals surface area contributed by atoms with Crippen LogP contribution >= 0.6 is 15.9 Å². The van der Waals surface area contributed by atoms with E-state index in [-0.39, 0.29) is 23.0 Å². The Labute approximate surface area is 150 Å². The van der Waals surface area contributed by atoms with E-state index in [9.17, 15) is 14.9 Å². The van der Waals surface area contributed by atoms with Crippen LogP contribution in [0.3, 0.4) is 0 Å². The molecular weight excluding hydrogens is 392 g/mol. The minimum atomic E-state index is -0.617. The normalized spacial score (nSPS) is 15.0. The molecule has 2 aromatic carbocycles. The molecule has 1 aliphatic heterocycles. The number of nitrogens with zero attached hydrogens (tertiary/aromatic N) is 2. The van der Waals surface area contributed by atoms with Gasteiger partial charge in [0.2, 0.25) is 5.90 Å². The van der Waals surface area contributed by atoms with Crippen LogP contribution in [0.5, 0.6) is 5.75 Å². The number of benzene rings is 2. The third kappa shape index (κ3) is 3.58. The predicted molar refractivity (Wildman–Crippen MR) is 94.4 cm³/mol. The van der Waals surface area contributed by atoms with Crippen molar-refractivity contribution >= 4 is 39.6 Å². The van der Waals surface area contributed by atoms with Gasteiger partial charge in [-0.15, -0.1) is 0 Å². The molecular formula is C17H11BrN2O5. The van der Waals surface area contributed by atoms with Crippen molar-refractivity contribution in [1.29, 1.82) is 0 Å². The number of rotatable bonds is 4. The summed E-state index contributed by atoms with van der Waals surface area (Å²) >= 11 is 3.34. The smallest absolute Gasteiger partial charge is 0.363 e. The summed E-state index contributed by atoms with van der Waals surface area (Å²) in [4.78, 5) is 26.7. The van der Waals surface area contributed by atoms with Crippen molar-refractivity contribution in [2.45, 2.75) is 0 Å². The van der Waals surface area contributed by atoms with Crippen LogP contribution in [0.2, 0.25) is 0 Å². The van der Waals surface area contributed by atoms with Crippen LogP contribution in [-0.4, -0.2) is 23.9 Å². The van der Waals surface area contributed by atoms with Crippen molar-refractivity contribution in [2.75, 3.05) is 7.11 Å². The summed E-state index contributed by atoms with van der Waals surface area (Å²) in [5.41, 5.74) is 0.958. The zero-order valence-corrected chi connectivity index (χ0v) is 14.5. The van der Waals surface area contributed by atoms with E-state index >= 15 is 0 Å². The van der Waals surface area contributed by atoms with Crippen molar-refractivity contribution in [3.8, 4) is 5.75 Å². The lowest BCUT2D eigenvalue weighted by atomic mass is 10.1. The van der Waals surface area contributed by atoms with E-state index in [4.69, 9.17) is 9.47 Å². The van der Waals surface area contributed by atoms with Crippen molar-refractivity contribution in [1.82, 2.24) is 0 Å². The maximum absolute atomic E-state index is 12.0. The largest absolute Gasteiger partial charge is 0.490 e. The van der Waals surface area contributed by atoms with Crippen molar-refractivity contribution in [3.63, 3.8) is 0 Å². The van der Waals surface area contributed by atoms with E-state index in [0.717, 1.165) is 4.47 Å². The summed E-state index contributed by atoms with van der Waals surface area (Å²) in [6.45, 7) is 0. The quantitative estimate of drug-likeness (QED) is 0.336. The molecule has 0 saturated heterocycles. The highest BCUT2D eigenvalue weighted by atomic mass is 79.9. The Morgan fingerprint density at radius 2 is 2.08 bits per heavy atom. The van der Waals surface area contributed by atoms with Crippen LogP contribution in [0.1, 0.15) is 11.1 Å². The van der Waals surface area contributed by atoms with Crippen LogP contribution in [0.15, 0.2) is 57.6 Å². The van der Waals surface area contributed by atoms with Crippen molar-refractivity contribution in [3.05, 3.63) is 73.9 Å². The summed E-state index contributed by atoms with van der Waals surface area (Å²) in [6.07, 6.45) is 1.43. The van der Waals surface area contributed by atoms with Gasteiger partial charge in [-0.25, -0.2) is 9.79 Å². The number of halogens is 1. The van der Waals surface area contributed by atoms with Gasteiger partial charge in [0.25, 0.3) is 0 Å². The molecule has 25 heavy (non-hydrogen) atoms. The van der Waals surface area contributed by atoms with Crippen LogP contribution in [0.25, 0.3) is 6.08 Å². The molecule has 7 nitrogen and oxygen atoms in total. The molecule has 8 heteroatoms. The summed E-state index contributed by atoms with van der Waals surface area (Å²) in [5, 5.41) is 11.1. The van der Waals surface area contributed by atoms with Gasteiger partial charge in [0.15, 0.2) is 11.4 Å². The monoisotopic (exact) mass is 402 g/mol. The maximum Gasteiger partial charge on any atom is 0.363 e. The van der Waals surface area contributed by atoms with Gasteiger partial charge >= 0.3 is 11.7 Å². The van der Waals surface area contributed by atoms with Gasteiger partial charge in [-0.05, 0) is 35.9 Å². The molecule has 0 bridgehead atoms. The SMILES string of the molecule is COc1ccc(/C=C2/N=C(c3cccc(Br)c3)OC2=O)cc1[N+](=O)[O-]. The number of nitro benzene ring substituents is 1. The van der Waals surface area contributed by atoms with E-state index in [1.165, 1.54) is 25.3 Å². The minimum Gasteiger partial charge on any atom is -0.490 e. The number of methoxy groups -OCH3 is 1. The van der Waals surface area contributed by atoms with E-state index in [2.05, 4.69) is 20.9 Å². The Balaban J connectivity index is 1.97. The lowest BCUT2D eigenvalue weighted by Gasteiger charge is -2.02. The number of carbonyl (C=O) groups excluding carboxylic acids is 1. The summed E-state index contributed by atoms with van der Waals surface area (Å²) in [6, 6.07) is 11.5. The number of cyclic esters (lactones) is 1. The van der Waals surface area contributed by atoms with Gasteiger partial charge in [0.1, 0.15) is 0 Å². The topological polar surface area (TPSA) is 91.0 Å². The van der Waals surface area contributed by atoms with Crippen LogP contribution in [0, 0.1) is 10.1 Å². The Morgan fingerprint density at radius 3 is 2.76 bits per heavy atom. The summed E-state index contributed by atoms with van der Waals surface area (Å²) < 4.78 is 11.0. The highest BCUT2D eigenvalue weighted by molar-refractivity contribution is 9.10. The molecule has 0 radical (unpaired) electrons. The van der Waals surface area contributed by atoms with Gasteiger partial charge in [0.05, 0.1) is 12.0 Å². The highest BCUT2D eigenvalue weighted by Crippen LogP contribution is 2.29. The lowest BCUT2D eigenvalue weighted by molar-refractivity contribution is -0.385. The Hall–Kier alpha value is -3.00. The molecule has 0 saturated carbocycles. The Kier molecular flexibility index (Phi) is 4.62. The molecule has 0 N–H and O–H groups in total. The number of esters is 1. The van der Waals surface area contributed by atoms with Gasteiger partial charge in [-0.2, -0.15) is 0 Å². The van der Waals surface area contributed by atoms with Crippen LogP contribution < -0.4 is 4.74 Å². The third-order valence-corrected chi connectivity index (χ3v) is 3.89. The second-order valence-corrected chi connectivity index (χ2v) is 5.95. The van der Waals surface area contributed by atoms with Crippen LogP contribution in [0.4, 0.5) is 5.69 Å². The Morgan fingerprint density at radius 1 is 1.28 bits per heavy atom. The molecule has 0 atom stereocenters. The third-order valence-electron chi connectivity index (χ3n) is 3.40. The van der Waals surface area contributed by atoms with E-state index in [1.54, 1.807) is 24.3 Å². The van der Waals surface area contributed by atoms with E-state index < -0.39 is 10.9 Å². The first-order valence-corrected chi connectivity index (χ1v) is 7.88. The van der Waals surface area contributed by atoms with Gasteiger partial charge < -0.3 is 9.47 Å². The molecule has 1 aliphatic rings.